The molecule has 0 bridgehead atoms. The summed E-state index contributed by atoms with van der Waals surface area (Å²) in [5, 5.41) is 17.7. The maximum absolute atomic E-state index is 12.8. The van der Waals surface area contributed by atoms with Crippen molar-refractivity contribution in [1.82, 2.24) is 5.32 Å². The van der Waals surface area contributed by atoms with Crippen molar-refractivity contribution in [1.29, 1.82) is 0 Å². The zero-order chi connectivity index (χ0) is 23.1. The quantitative estimate of drug-likeness (QED) is 0.347. The number of rotatable bonds is 7. The minimum atomic E-state index is -2.61. The van der Waals surface area contributed by atoms with E-state index in [1.54, 1.807) is 36.1 Å². The third-order valence-electron chi connectivity index (χ3n) is 5.32. The molecule has 0 aliphatic heterocycles. The molecule has 0 aromatic heterocycles. The van der Waals surface area contributed by atoms with Crippen molar-refractivity contribution in [2.75, 3.05) is 0 Å². The van der Waals surface area contributed by atoms with Crippen LogP contribution in [-0.2, 0) is 4.79 Å². The van der Waals surface area contributed by atoms with E-state index in [9.17, 15) is 14.7 Å². The van der Waals surface area contributed by atoms with Crippen molar-refractivity contribution in [2.45, 2.75) is 0 Å². The standard InChI is InChI=1S/C28H22NO3P/c30-27(22-13-5-1-6-14-22)29-26(28(31)32)21-33(23-15-7-2-8-16-23,24-17-9-3-10-18-24)25-19-11-4-12-20-25/h1-21H,(H-,29,30,31,32)/b26-21+. The number of carbonyl (C=O) groups excluding carboxylic acids is 2. The number of hydrogen-bond acceptors (Lipinski definition) is 3. The van der Waals surface area contributed by atoms with E-state index in [1.807, 2.05) is 91.0 Å². The maximum atomic E-state index is 12.8. The Bertz CT molecular complexity index is 1160. The molecule has 1 amide bonds. The van der Waals surface area contributed by atoms with Crippen LogP contribution in [-0.4, -0.2) is 11.9 Å². The molecule has 0 saturated carbocycles. The number of carbonyl (C=O) groups is 2. The van der Waals surface area contributed by atoms with Gasteiger partial charge in [0.2, 0.25) is 0 Å². The zero-order valence-corrected chi connectivity index (χ0v) is 18.7. The van der Waals surface area contributed by atoms with Gasteiger partial charge in [0, 0.05) is 5.56 Å². The highest BCUT2D eigenvalue weighted by Gasteiger charge is 2.44. The molecule has 0 aliphatic rings. The lowest BCUT2D eigenvalue weighted by molar-refractivity contribution is -0.299. The van der Waals surface area contributed by atoms with Gasteiger partial charge in [0.05, 0.1) is 11.8 Å². The zero-order valence-electron chi connectivity index (χ0n) is 17.8. The third kappa shape index (κ3) is 4.77. The third-order valence-corrected chi connectivity index (χ3v) is 9.30. The minimum Gasteiger partial charge on any atom is -0.543 e. The number of amides is 1. The topological polar surface area (TPSA) is 69.2 Å². The van der Waals surface area contributed by atoms with Gasteiger partial charge in [0.25, 0.3) is 5.91 Å². The molecule has 4 nitrogen and oxygen atoms in total. The van der Waals surface area contributed by atoms with E-state index < -0.39 is 19.1 Å². The van der Waals surface area contributed by atoms with Crippen molar-refractivity contribution < 1.29 is 14.7 Å². The Balaban J connectivity index is 1.96. The van der Waals surface area contributed by atoms with Crippen LogP contribution in [0.2, 0.25) is 0 Å². The second-order valence-electron chi connectivity index (χ2n) is 7.38. The molecule has 33 heavy (non-hydrogen) atoms. The lowest BCUT2D eigenvalue weighted by Gasteiger charge is -2.25. The Morgan fingerprint density at radius 2 is 0.970 bits per heavy atom. The van der Waals surface area contributed by atoms with Gasteiger partial charge in [-0.05, 0) is 48.5 Å². The number of nitrogens with one attached hydrogen (secondary N) is 1. The van der Waals surface area contributed by atoms with Crippen molar-refractivity contribution in [3.8, 4) is 0 Å². The number of carboxylic acid groups (broad SMARTS) is 1. The first kappa shape index (κ1) is 22.2. The average Bonchev–Trinajstić information content (AvgIpc) is 2.88. The molecule has 1 N–H and O–H groups in total. The Morgan fingerprint density at radius 1 is 0.606 bits per heavy atom. The van der Waals surface area contributed by atoms with E-state index in [1.165, 1.54) is 0 Å². The molecule has 0 spiro atoms. The predicted molar refractivity (Wildman–Crippen MR) is 132 cm³/mol. The molecule has 5 heteroatoms. The fourth-order valence-corrected chi connectivity index (χ4v) is 7.60. The van der Waals surface area contributed by atoms with Crippen LogP contribution in [0.4, 0.5) is 0 Å². The van der Waals surface area contributed by atoms with E-state index in [-0.39, 0.29) is 5.70 Å². The van der Waals surface area contributed by atoms with Crippen molar-refractivity contribution in [3.63, 3.8) is 0 Å². The van der Waals surface area contributed by atoms with E-state index in [0.29, 0.717) is 5.56 Å². The molecule has 162 valence electrons. The predicted octanol–water partition coefficient (Wildman–Crippen LogP) is 3.00. The van der Waals surface area contributed by atoms with Crippen molar-refractivity contribution in [2.24, 2.45) is 0 Å². The molecule has 0 radical (unpaired) electrons. The highest BCUT2D eigenvalue weighted by molar-refractivity contribution is 7.98. The van der Waals surface area contributed by atoms with Crippen LogP contribution in [0.5, 0.6) is 0 Å². The molecule has 0 fully saturated rings. The maximum Gasteiger partial charge on any atom is 0.255 e. The monoisotopic (exact) mass is 451 g/mol. The molecular weight excluding hydrogens is 429 g/mol. The lowest BCUT2D eigenvalue weighted by Crippen LogP contribution is -2.38. The Hall–Kier alpha value is -4.01. The first-order chi connectivity index (χ1) is 16.1. The van der Waals surface area contributed by atoms with Crippen LogP contribution in [0.15, 0.2) is 133 Å². The first-order valence-corrected chi connectivity index (χ1v) is 12.3. The molecular formula is C28H22NO3P. The highest BCUT2D eigenvalue weighted by atomic mass is 31.2. The van der Waals surface area contributed by atoms with Gasteiger partial charge in [-0.2, -0.15) is 0 Å². The van der Waals surface area contributed by atoms with Crippen LogP contribution in [0.1, 0.15) is 10.4 Å². The Labute approximate surface area is 193 Å². The minimum absolute atomic E-state index is 0.256. The Morgan fingerprint density at radius 3 is 1.33 bits per heavy atom. The van der Waals surface area contributed by atoms with Crippen molar-refractivity contribution in [3.05, 3.63) is 138 Å². The largest absolute Gasteiger partial charge is 0.543 e. The van der Waals surface area contributed by atoms with E-state index in [2.05, 4.69) is 5.32 Å². The molecule has 0 unspecified atom stereocenters. The second kappa shape index (κ2) is 10.1. The summed E-state index contributed by atoms with van der Waals surface area (Å²) in [6.07, 6.45) is 0. The smallest absolute Gasteiger partial charge is 0.255 e. The van der Waals surface area contributed by atoms with Gasteiger partial charge in [0.15, 0.2) is 0 Å². The van der Waals surface area contributed by atoms with Gasteiger partial charge >= 0.3 is 0 Å². The summed E-state index contributed by atoms with van der Waals surface area (Å²) in [5.41, 5.74) is 0.112. The summed E-state index contributed by atoms with van der Waals surface area (Å²) in [4.78, 5) is 25.1. The van der Waals surface area contributed by atoms with Crippen LogP contribution >= 0.6 is 7.26 Å². The van der Waals surface area contributed by atoms with Crippen molar-refractivity contribution >= 4 is 35.1 Å². The molecule has 0 aliphatic carbocycles. The average molecular weight is 451 g/mol. The summed E-state index contributed by atoms with van der Waals surface area (Å²) in [7, 11) is -2.61. The summed E-state index contributed by atoms with van der Waals surface area (Å²) in [6.45, 7) is 0. The highest BCUT2D eigenvalue weighted by Crippen LogP contribution is 2.57. The summed E-state index contributed by atoms with van der Waals surface area (Å²) in [6, 6.07) is 37.9. The number of aliphatic carboxylic acids is 1. The Kier molecular flexibility index (Phi) is 6.77. The van der Waals surface area contributed by atoms with Gasteiger partial charge in [-0.15, -0.1) is 0 Å². The summed E-state index contributed by atoms with van der Waals surface area (Å²) < 4.78 is 0. The molecule has 0 saturated heterocycles. The normalized spacial score (nSPS) is 11.6. The number of benzene rings is 4. The molecule has 0 atom stereocenters. The van der Waals surface area contributed by atoms with Crippen LogP contribution in [0.3, 0.4) is 0 Å². The van der Waals surface area contributed by atoms with Gasteiger partial charge in [-0.25, -0.2) is 0 Å². The van der Waals surface area contributed by atoms with Crippen LogP contribution < -0.4 is 26.3 Å². The number of hydrogen-bond donors (Lipinski definition) is 1. The van der Waals surface area contributed by atoms with E-state index in [0.717, 1.165) is 15.9 Å². The van der Waals surface area contributed by atoms with Gasteiger partial charge < -0.3 is 15.2 Å². The van der Waals surface area contributed by atoms with Gasteiger partial charge in [-0.3, -0.25) is 4.79 Å². The molecule has 4 rings (SSSR count). The molecule has 4 aromatic rings. The fourth-order valence-electron chi connectivity index (χ4n) is 3.77. The fraction of sp³-hybridized carbons (Fsp3) is 0. The second-order valence-corrected chi connectivity index (χ2v) is 10.6. The molecule has 0 heterocycles. The summed E-state index contributed by atoms with van der Waals surface area (Å²) in [5.74, 6) is -0.256. The van der Waals surface area contributed by atoms with E-state index >= 15 is 0 Å². The van der Waals surface area contributed by atoms with E-state index in [4.69, 9.17) is 0 Å². The van der Waals surface area contributed by atoms with Gasteiger partial charge in [-0.1, -0.05) is 72.8 Å². The van der Waals surface area contributed by atoms with Crippen LogP contribution in [0.25, 0.3) is 0 Å². The van der Waals surface area contributed by atoms with Crippen LogP contribution in [0, 0.1) is 0 Å². The van der Waals surface area contributed by atoms with Gasteiger partial charge in [0.1, 0.15) is 28.9 Å². The SMILES string of the molecule is O=C([O-])/C(=C\[P+](c1ccccc1)(c1ccccc1)c1ccccc1)NC(=O)c1ccccc1. The summed E-state index contributed by atoms with van der Waals surface area (Å²) >= 11 is 0. The number of carboxylic acids is 1. The molecule has 4 aromatic carbocycles. The first-order valence-electron chi connectivity index (χ1n) is 10.5. The lowest BCUT2D eigenvalue weighted by atomic mass is 10.2.